The zero-order valence-electron chi connectivity index (χ0n) is 12.8. The molecule has 2 aliphatic heterocycles. The van der Waals surface area contributed by atoms with Gasteiger partial charge in [-0.05, 0) is 31.9 Å². The van der Waals surface area contributed by atoms with E-state index in [-0.39, 0.29) is 6.04 Å². The van der Waals surface area contributed by atoms with Crippen LogP contribution in [0, 0.1) is 6.92 Å². The molecule has 1 N–H and O–H groups in total. The summed E-state index contributed by atoms with van der Waals surface area (Å²) >= 11 is 0. The number of hydrogen-bond donors (Lipinski definition) is 1. The van der Waals surface area contributed by atoms with Gasteiger partial charge in [0.05, 0.1) is 6.04 Å². The van der Waals surface area contributed by atoms with Crippen molar-refractivity contribution in [2.45, 2.75) is 32.4 Å². The van der Waals surface area contributed by atoms with Crippen molar-refractivity contribution in [3.63, 3.8) is 0 Å². The molecule has 1 atom stereocenters. The van der Waals surface area contributed by atoms with Gasteiger partial charge in [-0.1, -0.05) is 29.8 Å². The Kier molecular flexibility index (Phi) is 4.56. The summed E-state index contributed by atoms with van der Waals surface area (Å²) in [5.74, 6) is 0.334. The van der Waals surface area contributed by atoms with E-state index in [9.17, 15) is 4.79 Å². The molecule has 1 aromatic carbocycles. The summed E-state index contributed by atoms with van der Waals surface area (Å²) < 4.78 is 0. The summed E-state index contributed by atoms with van der Waals surface area (Å²) in [7, 11) is 0. The number of amides is 1. The molecule has 2 fully saturated rings. The highest BCUT2D eigenvalue weighted by Crippen LogP contribution is 2.22. The third-order valence-corrected chi connectivity index (χ3v) is 4.58. The molecule has 0 spiro atoms. The molecule has 114 valence electrons. The minimum Gasteiger partial charge on any atom is -0.339 e. The Morgan fingerprint density at radius 2 is 1.90 bits per heavy atom. The molecule has 0 aliphatic carbocycles. The summed E-state index contributed by atoms with van der Waals surface area (Å²) in [6.45, 7) is 7.60. The quantitative estimate of drug-likeness (QED) is 0.912. The average molecular weight is 287 g/mol. The normalized spacial score (nSPS) is 23.5. The second-order valence-electron chi connectivity index (χ2n) is 6.19. The van der Waals surface area contributed by atoms with Crippen molar-refractivity contribution in [1.82, 2.24) is 15.1 Å². The predicted molar refractivity (Wildman–Crippen MR) is 84.1 cm³/mol. The third-order valence-electron chi connectivity index (χ3n) is 4.58. The van der Waals surface area contributed by atoms with Crippen LogP contribution in [-0.2, 0) is 11.3 Å². The topological polar surface area (TPSA) is 35.6 Å². The van der Waals surface area contributed by atoms with E-state index >= 15 is 0 Å². The van der Waals surface area contributed by atoms with Crippen LogP contribution in [0.3, 0.4) is 0 Å². The number of nitrogens with zero attached hydrogens (tertiary/aromatic N) is 2. The number of carbonyl (C=O) groups is 1. The fourth-order valence-corrected chi connectivity index (χ4v) is 3.32. The van der Waals surface area contributed by atoms with Crippen LogP contribution in [0.2, 0.25) is 0 Å². The highest BCUT2D eigenvalue weighted by atomic mass is 16.2. The molecule has 4 heteroatoms. The van der Waals surface area contributed by atoms with Crippen LogP contribution in [0.1, 0.15) is 24.0 Å². The van der Waals surface area contributed by atoms with Gasteiger partial charge in [-0.2, -0.15) is 0 Å². The van der Waals surface area contributed by atoms with Gasteiger partial charge in [0.15, 0.2) is 0 Å². The number of aryl methyl sites for hydroxylation is 1. The summed E-state index contributed by atoms with van der Waals surface area (Å²) in [4.78, 5) is 17.1. The monoisotopic (exact) mass is 287 g/mol. The van der Waals surface area contributed by atoms with Crippen LogP contribution in [0.5, 0.6) is 0 Å². The van der Waals surface area contributed by atoms with E-state index < -0.39 is 0 Å². The van der Waals surface area contributed by atoms with E-state index in [2.05, 4.69) is 41.4 Å². The predicted octanol–water partition coefficient (Wildman–Crippen LogP) is 1.39. The Bertz CT molecular complexity index is 479. The van der Waals surface area contributed by atoms with E-state index in [1.165, 1.54) is 11.1 Å². The summed E-state index contributed by atoms with van der Waals surface area (Å²) in [5, 5.41) is 3.31. The molecule has 4 nitrogen and oxygen atoms in total. The second-order valence-corrected chi connectivity index (χ2v) is 6.19. The van der Waals surface area contributed by atoms with E-state index in [4.69, 9.17) is 0 Å². The molecule has 0 aromatic heterocycles. The minimum atomic E-state index is 0.0874. The van der Waals surface area contributed by atoms with Crippen molar-refractivity contribution in [2.75, 3.05) is 32.7 Å². The molecular formula is C17H25N3O. The van der Waals surface area contributed by atoms with Crippen molar-refractivity contribution in [1.29, 1.82) is 0 Å². The van der Waals surface area contributed by atoms with Gasteiger partial charge in [-0.3, -0.25) is 9.69 Å². The molecule has 0 radical (unpaired) electrons. The van der Waals surface area contributed by atoms with Crippen molar-refractivity contribution < 1.29 is 4.79 Å². The number of benzene rings is 1. The highest BCUT2D eigenvalue weighted by molar-refractivity contribution is 5.82. The molecule has 3 rings (SSSR count). The summed E-state index contributed by atoms with van der Waals surface area (Å²) in [6.07, 6.45) is 2.14. The smallest absolute Gasteiger partial charge is 0.240 e. The molecule has 0 bridgehead atoms. The maximum Gasteiger partial charge on any atom is 0.240 e. The Labute approximate surface area is 127 Å². The van der Waals surface area contributed by atoms with Crippen LogP contribution >= 0.6 is 0 Å². The van der Waals surface area contributed by atoms with E-state index in [0.29, 0.717) is 5.91 Å². The lowest BCUT2D eigenvalue weighted by molar-refractivity contribution is -0.136. The number of nitrogens with one attached hydrogen (secondary N) is 1. The molecule has 1 unspecified atom stereocenters. The van der Waals surface area contributed by atoms with Gasteiger partial charge in [0, 0.05) is 32.7 Å². The molecule has 0 saturated carbocycles. The molecule has 21 heavy (non-hydrogen) atoms. The molecule has 1 aromatic rings. The van der Waals surface area contributed by atoms with Gasteiger partial charge in [-0.25, -0.2) is 0 Å². The van der Waals surface area contributed by atoms with Crippen LogP contribution in [0.25, 0.3) is 0 Å². The fraction of sp³-hybridized carbons (Fsp3) is 0.588. The van der Waals surface area contributed by atoms with Crippen molar-refractivity contribution in [3.05, 3.63) is 35.4 Å². The van der Waals surface area contributed by atoms with E-state index in [1.54, 1.807) is 0 Å². The molecular weight excluding hydrogens is 262 g/mol. The lowest BCUT2D eigenvalue weighted by Gasteiger charge is -2.33. The number of hydrogen-bond acceptors (Lipinski definition) is 3. The van der Waals surface area contributed by atoms with Gasteiger partial charge in [0.1, 0.15) is 0 Å². The SMILES string of the molecule is Cc1ccc(CN2CCCC2C(=O)N2CCNCC2)cc1. The third kappa shape index (κ3) is 3.44. The second kappa shape index (κ2) is 6.58. The fourth-order valence-electron chi connectivity index (χ4n) is 3.32. The van der Waals surface area contributed by atoms with Crippen LogP contribution in [-0.4, -0.2) is 54.5 Å². The zero-order valence-corrected chi connectivity index (χ0v) is 12.8. The zero-order chi connectivity index (χ0) is 14.7. The molecule has 2 aliphatic rings. The number of rotatable bonds is 3. The first-order valence-electron chi connectivity index (χ1n) is 8.03. The minimum absolute atomic E-state index is 0.0874. The summed E-state index contributed by atoms with van der Waals surface area (Å²) in [5.41, 5.74) is 2.59. The van der Waals surface area contributed by atoms with E-state index in [0.717, 1.165) is 52.1 Å². The first-order chi connectivity index (χ1) is 10.2. The van der Waals surface area contributed by atoms with E-state index in [1.807, 2.05) is 4.90 Å². The first kappa shape index (κ1) is 14.5. The maximum atomic E-state index is 12.7. The van der Waals surface area contributed by atoms with Gasteiger partial charge < -0.3 is 10.2 Å². The lowest BCUT2D eigenvalue weighted by atomic mass is 10.1. The first-order valence-corrected chi connectivity index (χ1v) is 8.03. The summed E-state index contributed by atoms with van der Waals surface area (Å²) in [6, 6.07) is 8.75. The highest BCUT2D eigenvalue weighted by Gasteiger charge is 2.33. The number of piperazine rings is 1. The number of likely N-dealkylation sites (tertiary alicyclic amines) is 1. The van der Waals surface area contributed by atoms with Crippen molar-refractivity contribution in [3.8, 4) is 0 Å². The van der Waals surface area contributed by atoms with Gasteiger partial charge in [0.2, 0.25) is 5.91 Å². The largest absolute Gasteiger partial charge is 0.339 e. The Morgan fingerprint density at radius 1 is 1.19 bits per heavy atom. The van der Waals surface area contributed by atoms with Gasteiger partial charge >= 0.3 is 0 Å². The van der Waals surface area contributed by atoms with Gasteiger partial charge in [0.25, 0.3) is 0 Å². The standard InChI is InChI=1S/C17H25N3O/c1-14-4-6-15(7-5-14)13-20-10-2-3-16(20)17(21)19-11-8-18-9-12-19/h4-7,16,18H,2-3,8-13H2,1H3. The molecule has 2 heterocycles. The van der Waals surface area contributed by atoms with Crippen molar-refractivity contribution in [2.24, 2.45) is 0 Å². The maximum absolute atomic E-state index is 12.7. The Hall–Kier alpha value is -1.39. The van der Waals surface area contributed by atoms with Crippen LogP contribution < -0.4 is 5.32 Å². The Morgan fingerprint density at radius 3 is 2.62 bits per heavy atom. The Balaban J connectivity index is 1.64. The van der Waals surface area contributed by atoms with Crippen LogP contribution in [0.15, 0.2) is 24.3 Å². The van der Waals surface area contributed by atoms with Crippen molar-refractivity contribution >= 4 is 5.91 Å². The average Bonchev–Trinajstić information content (AvgIpc) is 2.98. The van der Waals surface area contributed by atoms with Crippen LogP contribution in [0.4, 0.5) is 0 Å². The number of carbonyl (C=O) groups excluding carboxylic acids is 1. The lowest BCUT2D eigenvalue weighted by Crippen LogP contribution is -2.52. The van der Waals surface area contributed by atoms with Gasteiger partial charge in [-0.15, -0.1) is 0 Å². The molecule has 1 amide bonds. The molecule has 2 saturated heterocycles.